The molecule has 0 saturated carbocycles. The number of rotatable bonds is 9. The monoisotopic (exact) mass is 627 g/mol. The van der Waals surface area contributed by atoms with Gasteiger partial charge in [-0.2, -0.15) is 0 Å². The first kappa shape index (κ1) is 31.4. The molecule has 2 aromatic heterocycles. The van der Waals surface area contributed by atoms with Gasteiger partial charge in [0, 0.05) is 53.7 Å². The van der Waals surface area contributed by atoms with Crippen molar-refractivity contribution in [3.8, 4) is 27.3 Å². The zero-order valence-electron chi connectivity index (χ0n) is 25.1. The lowest BCUT2D eigenvalue weighted by Crippen LogP contribution is -2.26. The molecule has 1 aliphatic rings. The van der Waals surface area contributed by atoms with Crippen molar-refractivity contribution in [2.45, 2.75) is 26.3 Å². The van der Waals surface area contributed by atoms with Crippen molar-refractivity contribution < 1.29 is 28.7 Å². The first-order valence-corrected chi connectivity index (χ1v) is 15.3. The van der Waals surface area contributed by atoms with Gasteiger partial charge in [0.2, 0.25) is 0 Å². The molecule has 5 N–H and O–H groups in total. The van der Waals surface area contributed by atoms with Gasteiger partial charge in [0.1, 0.15) is 11.4 Å². The Labute approximate surface area is 264 Å². The molecular formula is C33H33N5O6S. The van der Waals surface area contributed by atoms with E-state index >= 15 is 0 Å². The quantitative estimate of drug-likeness (QED) is 0.199. The van der Waals surface area contributed by atoms with Crippen LogP contribution in [-0.2, 0) is 17.7 Å². The third kappa shape index (κ3) is 6.42. The lowest BCUT2D eigenvalue weighted by molar-refractivity contribution is 0.0594. The minimum atomic E-state index is -0.780. The highest BCUT2D eigenvalue weighted by Gasteiger charge is 2.27. The van der Waals surface area contributed by atoms with Gasteiger partial charge in [-0.3, -0.25) is 14.4 Å². The zero-order chi connectivity index (χ0) is 32.1. The molecule has 0 atom stereocenters. The minimum Gasteiger partial charge on any atom is -0.493 e. The van der Waals surface area contributed by atoms with Crippen LogP contribution in [0.3, 0.4) is 0 Å². The van der Waals surface area contributed by atoms with Gasteiger partial charge in [0.05, 0.1) is 25.0 Å². The Morgan fingerprint density at radius 1 is 0.978 bits per heavy atom. The molecule has 2 aromatic carbocycles. The second-order valence-electron chi connectivity index (χ2n) is 10.2. The van der Waals surface area contributed by atoms with Crippen molar-refractivity contribution >= 4 is 40.7 Å². The van der Waals surface area contributed by atoms with E-state index in [2.05, 4.69) is 20.9 Å². The maximum absolute atomic E-state index is 14.2. The van der Waals surface area contributed by atoms with Crippen LogP contribution < -0.4 is 26.4 Å². The third-order valence-electron chi connectivity index (χ3n) is 7.36. The molecule has 3 heterocycles. The van der Waals surface area contributed by atoms with Gasteiger partial charge >= 0.3 is 5.97 Å². The number of aromatic nitrogens is 1. The van der Waals surface area contributed by atoms with E-state index in [-0.39, 0.29) is 40.3 Å². The average Bonchev–Trinajstić information content (AvgIpc) is 3.47. The number of carbonyl (C=O) groups is 4. The molecule has 0 bridgehead atoms. The highest BCUT2D eigenvalue weighted by atomic mass is 32.1. The maximum atomic E-state index is 14.2. The van der Waals surface area contributed by atoms with E-state index in [1.807, 2.05) is 18.4 Å². The average molecular weight is 628 g/mol. The topological polar surface area (TPSA) is 162 Å². The molecular weight excluding hydrogens is 594 g/mol. The van der Waals surface area contributed by atoms with Crippen LogP contribution in [0.2, 0.25) is 0 Å². The maximum Gasteiger partial charge on any atom is 0.357 e. The van der Waals surface area contributed by atoms with Crippen LogP contribution in [0, 0.1) is 0 Å². The number of thiophene rings is 1. The van der Waals surface area contributed by atoms with E-state index in [1.165, 1.54) is 31.6 Å². The molecule has 0 radical (unpaired) electrons. The predicted octanol–water partition coefficient (Wildman–Crippen LogP) is 4.41. The summed E-state index contributed by atoms with van der Waals surface area (Å²) < 4.78 is 11.2. The second kappa shape index (κ2) is 13.7. The number of amides is 3. The Hall–Kier alpha value is -5.07. The number of hydrogen-bond acceptors (Lipinski definition) is 9. The zero-order valence-corrected chi connectivity index (χ0v) is 25.9. The number of nitrogens with two attached hydrogens (primary N) is 1. The van der Waals surface area contributed by atoms with E-state index in [9.17, 15) is 19.2 Å². The number of anilines is 1. The fourth-order valence-corrected chi connectivity index (χ4v) is 6.03. The summed E-state index contributed by atoms with van der Waals surface area (Å²) in [4.78, 5) is 58.0. The Morgan fingerprint density at radius 2 is 1.80 bits per heavy atom. The number of nitrogens with one attached hydrogen (secondary N) is 3. The van der Waals surface area contributed by atoms with Crippen molar-refractivity contribution in [3.05, 3.63) is 87.6 Å². The summed E-state index contributed by atoms with van der Waals surface area (Å²) in [6.45, 7) is 3.00. The Kier molecular flexibility index (Phi) is 9.55. The van der Waals surface area contributed by atoms with E-state index in [0.29, 0.717) is 30.9 Å². The minimum absolute atomic E-state index is 0.0306. The van der Waals surface area contributed by atoms with Gasteiger partial charge < -0.3 is 31.2 Å². The van der Waals surface area contributed by atoms with E-state index in [4.69, 9.17) is 15.2 Å². The van der Waals surface area contributed by atoms with Crippen LogP contribution in [0.1, 0.15) is 66.2 Å². The van der Waals surface area contributed by atoms with Crippen LogP contribution >= 0.6 is 11.3 Å². The van der Waals surface area contributed by atoms with Crippen LogP contribution in [0.15, 0.2) is 53.9 Å². The van der Waals surface area contributed by atoms with Gasteiger partial charge in [0.15, 0.2) is 5.69 Å². The molecule has 1 aliphatic heterocycles. The first-order chi connectivity index (χ1) is 21.8. The molecule has 0 saturated heterocycles. The van der Waals surface area contributed by atoms with E-state index < -0.39 is 23.7 Å². The number of benzene rings is 2. The number of methoxy groups -OCH3 is 1. The third-order valence-corrected chi connectivity index (χ3v) is 8.35. The van der Waals surface area contributed by atoms with Crippen LogP contribution in [0.25, 0.3) is 21.6 Å². The molecule has 45 heavy (non-hydrogen) atoms. The summed E-state index contributed by atoms with van der Waals surface area (Å²) in [6, 6.07) is 13.5. The van der Waals surface area contributed by atoms with Crippen molar-refractivity contribution in [3.63, 3.8) is 0 Å². The van der Waals surface area contributed by atoms with Gasteiger partial charge in [-0.25, -0.2) is 9.78 Å². The van der Waals surface area contributed by atoms with E-state index in [1.54, 1.807) is 36.4 Å². The highest BCUT2D eigenvalue weighted by Crippen LogP contribution is 2.43. The largest absolute Gasteiger partial charge is 0.493 e. The number of carbonyl (C=O) groups excluding carboxylic acids is 4. The number of nitrogens with zero attached hydrogens (tertiary/aromatic N) is 1. The lowest BCUT2D eigenvalue weighted by atomic mass is 9.93. The molecule has 0 aliphatic carbocycles. The molecule has 4 aromatic rings. The fraction of sp³-hybridized carbons (Fsp3) is 0.242. The standard InChI is InChI=1S/C33H33N5O6S/c1-4-11-36-32(41)26-8-6-20(28(37-26)33(42)43-3)21-16-27-24(29-19(9-12-44-27)10-13-45-29)15-22(21)31(40)38-25-7-5-18(17-34)14-23(25)30(39)35-2/h5-8,10,13-16H,4,9,11-12,17,34H2,1-3H3,(H,35,39)(H,36,41)(H,38,40). The van der Waals surface area contributed by atoms with Crippen molar-refractivity contribution in [2.75, 3.05) is 32.6 Å². The molecule has 232 valence electrons. The van der Waals surface area contributed by atoms with Gasteiger partial charge in [-0.15, -0.1) is 11.3 Å². The molecule has 12 heteroatoms. The summed E-state index contributed by atoms with van der Waals surface area (Å²) in [5.74, 6) is -1.63. The first-order valence-electron chi connectivity index (χ1n) is 14.4. The summed E-state index contributed by atoms with van der Waals surface area (Å²) in [5, 5.41) is 10.2. The Morgan fingerprint density at radius 3 is 2.53 bits per heavy atom. The van der Waals surface area contributed by atoms with Gasteiger partial charge in [0.25, 0.3) is 17.7 Å². The second-order valence-corrected chi connectivity index (χ2v) is 11.1. The summed E-state index contributed by atoms with van der Waals surface area (Å²) in [6.07, 6.45) is 1.41. The highest BCUT2D eigenvalue weighted by molar-refractivity contribution is 7.13. The molecule has 0 spiro atoms. The smallest absolute Gasteiger partial charge is 0.357 e. The molecule has 5 rings (SSSR count). The van der Waals surface area contributed by atoms with Gasteiger partial charge in [-0.05, 0) is 65.4 Å². The molecule has 11 nitrogen and oxygen atoms in total. The predicted molar refractivity (Wildman–Crippen MR) is 172 cm³/mol. The lowest BCUT2D eigenvalue weighted by Gasteiger charge is -2.18. The number of fused-ring (bicyclic) bond motifs is 3. The Bertz CT molecular complexity index is 1800. The van der Waals surface area contributed by atoms with Gasteiger partial charge in [-0.1, -0.05) is 13.0 Å². The molecule has 0 unspecified atom stereocenters. The summed E-state index contributed by atoms with van der Waals surface area (Å²) in [5.41, 5.74) is 9.54. The Balaban J connectivity index is 1.69. The number of hydrogen-bond donors (Lipinski definition) is 4. The molecule has 3 amide bonds. The van der Waals surface area contributed by atoms with Crippen LogP contribution in [0.4, 0.5) is 5.69 Å². The SMILES string of the molecule is CCCNC(=O)c1ccc(-c2cc3c(cc2C(=O)Nc2ccc(CN)cc2C(=O)NC)-c2sccc2CCO3)c(C(=O)OC)n1. The summed E-state index contributed by atoms with van der Waals surface area (Å²) in [7, 11) is 2.72. The normalized spacial score (nSPS) is 11.7. The van der Waals surface area contributed by atoms with Crippen molar-refractivity contribution in [1.82, 2.24) is 15.6 Å². The van der Waals surface area contributed by atoms with Crippen molar-refractivity contribution in [2.24, 2.45) is 5.73 Å². The number of ether oxygens (including phenoxy) is 2. The van der Waals surface area contributed by atoms with Crippen molar-refractivity contribution in [1.29, 1.82) is 0 Å². The van der Waals surface area contributed by atoms with Crippen LogP contribution in [0.5, 0.6) is 5.75 Å². The number of esters is 1. The fourth-order valence-electron chi connectivity index (χ4n) is 5.05. The van der Waals surface area contributed by atoms with Crippen LogP contribution in [-0.4, -0.2) is 56.0 Å². The number of pyridine rings is 1. The summed E-state index contributed by atoms with van der Waals surface area (Å²) >= 11 is 1.54. The molecule has 0 fully saturated rings. The van der Waals surface area contributed by atoms with E-state index in [0.717, 1.165) is 28.0 Å².